The third kappa shape index (κ3) is 3.14. The van der Waals surface area contributed by atoms with E-state index >= 15 is 0 Å². The molecule has 0 atom stereocenters. The van der Waals surface area contributed by atoms with Crippen LogP contribution in [0.3, 0.4) is 0 Å². The van der Waals surface area contributed by atoms with Gasteiger partial charge in [0, 0.05) is 32.4 Å². The molecule has 0 spiro atoms. The quantitative estimate of drug-likeness (QED) is 0.770. The Hall–Kier alpha value is -1.73. The molecular formula is C14H20N4O3. The van der Waals surface area contributed by atoms with Crippen molar-refractivity contribution in [3.63, 3.8) is 0 Å². The van der Waals surface area contributed by atoms with E-state index in [1.54, 1.807) is 11.1 Å². The number of hydrogen-bond acceptors (Lipinski definition) is 6. The number of anilines is 1. The van der Waals surface area contributed by atoms with Crippen LogP contribution in [0.25, 0.3) is 0 Å². The molecule has 1 aromatic heterocycles. The third-order valence-corrected chi connectivity index (χ3v) is 3.79. The number of carbonyl (C=O) groups excluding carboxylic acids is 1. The molecule has 0 aromatic carbocycles. The monoisotopic (exact) mass is 292 g/mol. The highest BCUT2D eigenvalue weighted by Gasteiger charge is 2.22. The van der Waals surface area contributed by atoms with Crippen molar-refractivity contribution in [3.8, 4) is 0 Å². The molecule has 0 aliphatic carbocycles. The molecule has 7 nitrogen and oxygen atoms in total. The summed E-state index contributed by atoms with van der Waals surface area (Å²) >= 11 is 0. The lowest BCUT2D eigenvalue weighted by molar-refractivity contribution is 0.0301. The molecule has 3 rings (SSSR count). The van der Waals surface area contributed by atoms with Crippen LogP contribution in [-0.2, 0) is 9.47 Å². The van der Waals surface area contributed by atoms with E-state index in [9.17, 15) is 4.79 Å². The van der Waals surface area contributed by atoms with Gasteiger partial charge in [-0.15, -0.1) is 0 Å². The lowest BCUT2D eigenvalue weighted by Gasteiger charge is -2.28. The lowest BCUT2D eigenvalue weighted by Crippen LogP contribution is -2.41. The van der Waals surface area contributed by atoms with Crippen LogP contribution >= 0.6 is 0 Å². The van der Waals surface area contributed by atoms with E-state index < -0.39 is 0 Å². The summed E-state index contributed by atoms with van der Waals surface area (Å²) in [5, 5.41) is 0. The van der Waals surface area contributed by atoms with Gasteiger partial charge in [-0.25, -0.2) is 9.97 Å². The highest BCUT2D eigenvalue weighted by Crippen LogP contribution is 2.15. The van der Waals surface area contributed by atoms with Gasteiger partial charge in [0.2, 0.25) is 5.95 Å². The number of ether oxygens (including phenoxy) is 2. The van der Waals surface area contributed by atoms with Gasteiger partial charge in [-0.1, -0.05) is 0 Å². The van der Waals surface area contributed by atoms with E-state index in [4.69, 9.17) is 9.47 Å². The topological polar surface area (TPSA) is 67.8 Å². The summed E-state index contributed by atoms with van der Waals surface area (Å²) in [6, 6.07) is 0. The second-order valence-electron chi connectivity index (χ2n) is 5.17. The average molecular weight is 292 g/mol. The number of nitrogens with zero attached hydrogens (tertiary/aromatic N) is 4. The molecule has 0 saturated carbocycles. The number of morpholine rings is 2. The van der Waals surface area contributed by atoms with Crippen molar-refractivity contribution in [2.75, 3.05) is 57.5 Å². The Balaban J connectivity index is 1.75. The summed E-state index contributed by atoms with van der Waals surface area (Å²) < 4.78 is 10.6. The third-order valence-electron chi connectivity index (χ3n) is 3.79. The summed E-state index contributed by atoms with van der Waals surface area (Å²) in [6.07, 6.45) is 1.64. The summed E-state index contributed by atoms with van der Waals surface area (Å²) in [5.74, 6) is 0.665. The van der Waals surface area contributed by atoms with Crippen molar-refractivity contribution < 1.29 is 14.3 Å². The predicted octanol–water partition coefficient (Wildman–Crippen LogP) is 0.0940. The van der Waals surface area contributed by atoms with E-state index in [1.165, 1.54) is 0 Å². The van der Waals surface area contributed by atoms with Crippen molar-refractivity contribution >= 4 is 11.9 Å². The van der Waals surface area contributed by atoms with Gasteiger partial charge >= 0.3 is 0 Å². The number of hydrogen-bond donors (Lipinski definition) is 0. The zero-order valence-corrected chi connectivity index (χ0v) is 12.2. The first-order valence-corrected chi connectivity index (χ1v) is 7.29. The molecule has 114 valence electrons. The van der Waals surface area contributed by atoms with Crippen molar-refractivity contribution in [1.29, 1.82) is 0 Å². The van der Waals surface area contributed by atoms with Gasteiger partial charge in [-0.2, -0.15) is 0 Å². The molecule has 0 bridgehead atoms. The highest BCUT2D eigenvalue weighted by atomic mass is 16.5. The minimum absolute atomic E-state index is 0.00988. The van der Waals surface area contributed by atoms with Crippen molar-refractivity contribution in [2.45, 2.75) is 6.92 Å². The second kappa shape index (κ2) is 6.36. The molecule has 2 aliphatic heterocycles. The molecule has 0 N–H and O–H groups in total. The Morgan fingerprint density at radius 2 is 1.71 bits per heavy atom. The molecule has 21 heavy (non-hydrogen) atoms. The number of aryl methyl sites for hydroxylation is 1. The van der Waals surface area contributed by atoms with Crippen LogP contribution in [0, 0.1) is 6.92 Å². The Bertz CT molecular complexity index is 511. The van der Waals surface area contributed by atoms with Crippen LogP contribution in [0.4, 0.5) is 5.95 Å². The standard InChI is InChI=1S/C14H20N4O3/c1-11-12(13(19)17-2-6-20-7-3-17)10-15-14(16-11)18-4-8-21-9-5-18/h10H,2-9H2,1H3. The molecule has 2 aliphatic rings. The minimum Gasteiger partial charge on any atom is -0.378 e. The average Bonchev–Trinajstić information content (AvgIpc) is 2.56. The Labute approximate surface area is 123 Å². The normalized spacial score (nSPS) is 19.7. The van der Waals surface area contributed by atoms with E-state index in [-0.39, 0.29) is 5.91 Å². The van der Waals surface area contributed by atoms with Crippen molar-refractivity contribution in [2.24, 2.45) is 0 Å². The zero-order chi connectivity index (χ0) is 14.7. The van der Waals surface area contributed by atoms with E-state index in [0.29, 0.717) is 51.0 Å². The fraction of sp³-hybridized carbons (Fsp3) is 0.643. The first-order valence-electron chi connectivity index (χ1n) is 7.29. The fourth-order valence-corrected chi connectivity index (χ4v) is 2.52. The number of aromatic nitrogens is 2. The van der Waals surface area contributed by atoms with E-state index in [0.717, 1.165) is 18.8 Å². The van der Waals surface area contributed by atoms with Crippen LogP contribution in [0.1, 0.15) is 16.1 Å². The van der Waals surface area contributed by atoms with Gasteiger partial charge < -0.3 is 19.3 Å². The molecular weight excluding hydrogens is 272 g/mol. The lowest BCUT2D eigenvalue weighted by atomic mass is 10.2. The van der Waals surface area contributed by atoms with Gasteiger partial charge in [0.05, 0.1) is 37.7 Å². The Kier molecular flexibility index (Phi) is 4.31. The summed E-state index contributed by atoms with van der Waals surface area (Å²) in [5.41, 5.74) is 1.30. The Morgan fingerprint density at radius 3 is 2.33 bits per heavy atom. The summed E-state index contributed by atoms with van der Waals surface area (Å²) in [6.45, 7) is 7.27. The van der Waals surface area contributed by atoms with Gasteiger partial charge in [0.25, 0.3) is 5.91 Å². The predicted molar refractivity (Wildman–Crippen MR) is 76.5 cm³/mol. The van der Waals surface area contributed by atoms with Crippen LogP contribution in [0.5, 0.6) is 0 Å². The molecule has 0 unspecified atom stereocenters. The van der Waals surface area contributed by atoms with Gasteiger partial charge in [0.15, 0.2) is 0 Å². The van der Waals surface area contributed by atoms with Crippen molar-refractivity contribution in [3.05, 3.63) is 17.5 Å². The molecule has 2 fully saturated rings. The maximum Gasteiger partial charge on any atom is 0.257 e. The summed E-state index contributed by atoms with van der Waals surface area (Å²) in [7, 11) is 0. The number of amides is 1. The smallest absolute Gasteiger partial charge is 0.257 e. The first-order chi connectivity index (χ1) is 10.3. The summed E-state index contributed by atoms with van der Waals surface area (Å²) in [4.78, 5) is 25.2. The van der Waals surface area contributed by atoms with Crippen LogP contribution in [0.2, 0.25) is 0 Å². The van der Waals surface area contributed by atoms with E-state index in [2.05, 4.69) is 14.9 Å². The molecule has 2 saturated heterocycles. The Morgan fingerprint density at radius 1 is 1.10 bits per heavy atom. The molecule has 1 amide bonds. The molecule has 7 heteroatoms. The number of rotatable bonds is 2. The highest BCUT2D eigenvalue weighted by molar-refractivity contribution is 5.95. The van der Waals surface area contributed by atoms with Gasteiger partial charge in [-0.05, 0) is 6.92 Å². The first kappa shape index (κ1) is 14.2. The maximum atomic E-state index is 12.5. The van der Waals surface area contributed by atoms with Crippen LogP contribution in [0.15, 0.2) is 6.20 Å². The molecule has 3 heterocycles. The molecule has 1 aromatic rings. The maximum absolute atomic E-state index is 12.5. The van der Waals surface area contributed by atoms with Crippen LogP contribution < -0.4 is 4.90 Å². The fourth-order valence-electron chi connectivity index (χ4n) is 2.52. The van der Waals surface area contributed by atoms with Crippen molar-refractivity contribution in [1.82, 2.24) is 14.9 Å². The van der Waals surface area contributed by atoms with Gasteiger partial charge in [0.1, 0.15) is 0 Å². The largest absolute Gasteiger partial charge is 0.378 e. The van der Waals surface area contributed by atoms with E-state index in [1.807, 2.05) is 6.92 Å². The van der Waals surface area contributed by atoms with Gasteiger partial charge in [-0.3, -0.25) is 4.79 Å². The second-order valence-corrected chi connectivity index (χ2v) is 5.17. The zero-order valence-electron chi connectivity index (χ0n) is 12.2. The molecule has 0 radical (unpaired) electrons. The SMILES string of the molecule is Cc1nc(N2CCOCC2)ncc1C(=O)N1CCOCC1. The minimum atomic E-state index is -0.00988. The van der Waals surface area contributed by atoms with Crippen LogP contribution in [-0.4, -0.2) is 73.4 Å². The number of carbonyl (C=O) groups is 1.